The Labute approximate surface area is 103 Å². The predicted molar refractivity (Wildman–Crippen MR) is 69.3 cm³/mol. The first-order chi connectivity index (χ1) is 7.99. The summed E-state index contributed by atoms with van der Waals surface area (Å²) in [6.45, 7) is 7.82. The molecule has 1 atom stereocenters. The summed E-state index contributed by atoms with van der Waals surface area (Å²) in [5.74, 6) is -0.0964. The highest BCUT2D eigenvalue weighted by molar-refractivity contribution is 5.97. The molecule has 3 nitrogen and oxygen atoms in total. The van der Waals surface area contributed by atoms with Crippen molar-refractivity contribution in [2.24, 2.45) is 0 Å². The normalized spacial score (nSPS) is 12.3. The van der Waals surface area contributed by atoms with E-state index in [4.69, 9.17) is 5.11 Å². The van der Waals surface area contributed by atoms with Gasteiger partial charge in [-0.25, -0.2) is 0 Å². The summed E-state index contributed by atoms with van der Waals surface area (Å²) < 4.78 is 0. The van der Waals surface area contributed by atoms with E-state index in [1.54, 1.807) is 0 Å². The van der Waals surface area contributed by atoms with Gasteiger partial charge in [0.05, 0.1) is 12.6 Å². The minimum atomic E-state index is -0.164. The fourth-order valence-corrected chi connectivity index (χ4v) is 2.07. The van der Waals surface area contributed by atoms with Gasteiger partial charge in [0, 0.05) is 5.56 Å². The second-order valence-electron chi connectivity index (χ2n) is 4.53. The zero-order valence-electron chi connectivity index (χ0n) is 11.0. The molecule has 1 aromatic rings. The van der Waals surface area contributed by atoms with Crippen molar-refractivity contribution in [1.29, 1.82) is 0 Å². The van der Waals surface area contributed by atoms with Crippen molar-refractivity contribution >= 4 is 5.91 Å². The smallest absolute Gasteiger partial charge is 0.252 e. The van der Waals surface area contributed by atoms with E-state index < -0.39 is 0 Å². The van der Waals surface area contributed by atoms with Crippen LogP contribution >= 0.6 is 0 Å². The van der Waals surface area contributed by atoms with Crippen molar-refractivity contribution < 1.29 is 9.90 Å². The number of hydrogen-bond acceptors (Lipinski definition) is 2. The Hall–Kier alpha value is -1.35. The number of hydrogen-bond donors (Lipinski definition) is 2. The van der Waals surface area contributed by atoms with Gasteiger partial charge in [-0.2, -0.15) is 0 Å². The minimum absolute atomic E-state index is 0.0216. The molecular weight excluding hydrogens is 214 g/mol. The Morgan fingerprint density at radius 2 is 1.82 bits per heavy atom. The molecule has 3 heteroatoms. The standard InChI is InChI=1S/C14H21NO2/c1-5-12(8-16)15-14(17)13-10(3)6-9(2)7-11(13)4/h6-7,12,16H,5,8H2,1-4H3,(H,15,17). The van der Waals surface area contributed by atoms with Crippen LogP contribution in [0, 0.1) is 20.8 Å². The maximum absolute atomic E-state index is 12.1. The van der Waals surface area contributed by atoms with Crippen molar-refractivity contribution in [2.45, 2.75) is 40.2 Å². The van der Waals surface area contributed by atoms with Crippen LogP contribution in [0.2, 0.25) is 0 Å². The molecule has 0 saturated heterocycles. The van der Waals surface area contributed by atoms with E-state index >= 15 is 0 Å². The van der Waals surface area contributed by atoms with Gasteiger partial charge in [-0.3, -0.25) is 4.79 Å². The number of nitrogens with one attached hydrogen (secondary N) is 1. The molecule has 0 radical (unpaired) electrons. The number of carbonyl (C=O) groups is 1. The molecule has 0 aliphatic carbocycles. The Morgan fingerprint density at radius 3 is 2.24 bits per heavy atom. The van der Waals surface area contributed by atoms with Crippen LogP contribution < -0.4 is 5.32 Å². The van der Waals surface area contributed by atoms with Crippen LogP contribution in [0.1, 0.15) is 40.4 Å². The number of aliphatic hydroxyl groups is 1. The van der Waals surface area contributed by atoms with Gasteiger partial charge in [-0.15, -0.1) is 0 Å². The summed E-state index contributed by atoms with van der Waals surface area (Å²) in [5.41, 5.74) is 3.84. The number of carbonyl (C=O) groups excluding carboxylic acids is 1. The van der Waals surface area contributed by atoms with Gasteiger partial charge in [0.25, 0.3) is 5.91 Å². The Morgan fingerprint density at radius 1 is 1.29 bits per heavy atom. The second kappa shape index (κ2) is 5.82. The van der Waals surface area contributed by atoms with Gasteiger partial charge in [0.15, 0.2) is 0 Å². The van der Waals surface area contributed by atoms with E-state index in [0.717, 1.165) is 28.7 Å². The number of rotatable bonds is 4. The minimum Gasteiger partial charge on any atom is -0.394 e. The number of aliphatic hydroxyl groups excluding tert-OH is 1. The fourth-order valence-electron chi connectivity index (χ4n) is 2.07. The van der Waals surface area contributed by atoms with E-state index in [1.807, 2.05) is 39.8 Å². The molecule has 1 rings (SSSR count). The molecule has 0 aromatic heterocycles. The third kappa shape index (κ3) is 3.30. The summed E-state index contributed by atoms with van der Waals surface area (Å²) in [6, 6.07) is 3.84. The lowest BCUT2D eigenvalue weighted by Crippen LogP contribution is -2.37. The molecule has 1 amide bonds. The van der Waals surface area contributed by atoms with Crippen LogP contribution in [0.25, 0.3) is 0 Å². The molecule has 1 aromatic carbocycles. The third-order valence-electron chi connectivity index (χ3n) is 2.95. The highest BCUT2D eigenvalue weighted by atomic mass is 16.3. The maximum atomic E-state index is 12.1. The first-order valence-electron chi connectivity index (χ1n) is 5.99. The van der Waals surface area contributed by atoms with Crippen molar-refractivity contribution in [3.05, 3.63) is 34.4 Å². The molecule has 0 aliphatic rings. The lowest BCUT2D eigenvalue weighted by atomic mass is 9.99. The van der Waals surface area contributed by atoms with Crippen molar-refractivity contribution in [2.75, 3.05) is 6.61 Å². The molecule has 17 heavy (non-hydrogen) atoms. The Bertz CT molecular complexity index is 386. The van der Waals surface area contributed by atoms with E-state index in [1.165, 1.54) is 0 Å². The molecular formula is C14H21NO2. The monoisotopic (exact) mass is 235 g/mol. The van der Waals surface area contributed by atoms with Gasteiger partial charge in [0.2, 0.25) is 0 Å². The van der Waals surface area contributed by atoms with Crippen molar-refractivity contribution in [1.82, 2.24) is 5.32 Å². The zero-order chi connectivity index (χ0) is 13.0. The summed E-state index contributed by atoms with van der Waals surface area (Å²) in [4.78, 5) is 12.1. The largest absolute Gasteiger partial charge is 0.394 e. The average Bonchev–Trinajstić information content (AvgIpc) is 2.24. The van der Waals surface area contributed by atoms with Crippen LogP contribution in [0.3, 0.4) is 0 Å². The average molecular weight is 235 g/mol. The Balaban J connectivity index is 2.96. The van der Waals surface area contributed by atoms with Crippen LogP contribution in [-0.2, 0) is 0 Å². The Kier molecular flexibility index (Phi) is 4.70. The van der Waals surface area contributed by atoms with E-state index in [0.29, 0.717) is 0 Å². The number of aryl methyl sites for hydroxylation is 3. The fraction of sp³-hybridized carbons (Fsp3) is 0.500. The molecule has 0 bridgehead atoms. The first kappa shape index (κ1) is 13.7. The highest BCUT2D eigenvalue weighted by Crippen LogP contribution is 2.16. The molecule has 0 saturated carbocycles. The second-order valence-corrected chi connectivity index (χ2v) is 4.53. The van der Waals surface area contributed by atoms with Gasteiger partial charge in [-0.05, 0) is 38.3 Å². The summed E-state index contributed by atoms with van der Waals surface area (Å²) in [7, 11) is 0. The number of amides is 1. The van der Waals surface area contributed by atoms with Gasteiger partial charge < -0.3 is 10.4 Å². The van der Waals surface area contributed by atoms with Crippen molar-refractivity contribution in [3.63, 3.8) is 0 Å². The molecule has 0 aliphatic heterocycles. The van der Waals surface area contributed by atoms with Crippen LogP contribution in [0.15, 0.2) is 12.1 Å². The molecule has 0 fully saturated rings. The zero-order valence-corrected chi connectivity index (χ0v) is 11.0. The summed E-state index contributed by atoms with van der Waals surface area (Å²) in [5, 5.41) is 11.9. The van der Waals surface area contributed by atoms with Crippen molar-refractivity contribution in [3.8, 4) is 0 Å². The molecule has 94 valence electrons. The quantitative estimate of drug-likeness (QED) is 0.839. The highest BCUT2D eigenvalue weighted by Gasteiger charge is 2.15. The van der Waals surface area contributed by atoms with E-state index in [9.17, 15) is 4.79 Å². The first-order valence-corrected chi connectivity index (χ1v) is 5.99. The van der Waals surface area contributed by atoms with Gasteiger partial charge >= 0.3 is 0 Å². The molecule has 2 N–H and O–H groups in total. The van der Waals surface area contributed by atoms with E-state index in [-0.39, 0.29) is 18.6 Å². The third-order valence-corrected chi connectivity index (χ3v) is 2.95. The SMILES string of the molecule is CCC(CO)NC(=O)c1c(C)cc(C)cc1C. The number of benzene rings is 1. The van der Waals surface area contributed by atoms with Crippen LogP contribution in [-0.4, -0.2) is 23.7 Å². The van der Waals surface area contributed by atoms with Gasteiger partial charge in [-0.1, -0.05) is 24.6 Å². The van der Waals surface area contributed by atoms with E-state index in [2.05, 4.69) is 5.32 Å². The molecule has 0 heterocycles. The lowest BCUT2D eigenvalue weighted by Gasteiger charge is -2.16. The maximum Gasteiger partial charge on any atom is 0.252 e. The molecule has 1 unspecified atom stereocenters. The van der Waals surface area contributed by atoms with Crippen LogP contribution in [0.5, 0.6) is 0 Å². The molecule has 0 spiro atoms. The topological polar surface area (TPSA) is 49.3 Å². The van der Waals surface area contributed by atoms with Crippen LogP contribution in [0.4, 0.5) is 0 Å². The summed E-state index contributed by atoms with van der Waals surface area (Å²) in [6.07, 6.45) is 0.728. The lowest BCUT2D eigenvalue weighted by molar-refractivity contribution is 0.0913. The summed E-state index contributed by atoms with van der Waals surface area (Å²) >= 11 is 0. The van der Waals surface area contributed by atoms with Gasteiger partial charge in [0.1, 0.15) is 0 Å². The predicted octanol–water partition coefficient (Wildman–Crippen LogP) is 2.11.